The van der Waals surface area contributed by atoms with Gasteiger partial charge in [-0.3, -0.25) is 9.59 Å². The summed E-state index contributed by atoms with van der Waals surface area (Å²) in [6, 6.07) is 7.23. The van der Waals surface area contributed by atoms with E-state index in [0.29, 0.717) is 11.5 Å². The number of amides is 2. The summed E-state index contributed by atoms with van der Waals surface area (Å²) < 4.78 is 10.8. The first-order chi connectivity index (χ1) is 12.7. The van der Waals surface area contributed by atoms with Crippen LogP contribution in [0, 0.1) is 16.7 Å². The van der Waals surface area contributed by atoms with Gasteiger partial charge in [0.05, 0.1) is 17.5 Å². The SMILES string of the molecule is CN1C(=O)C23C[C@@](C)(C#N)C(c4ccc5c(c4)OCO5)N2C(=O)C1(C)S3=S. The molecule has 1 aromatic rings. The molecule has 5 atom stereocenters. The topological polar surface area (TPSA) is 82.9 Å². The molecule has 4 aliphatic heterocycles. The average molecular weight is 403 g/mol. The number of rotatable bonds is 1. The van der Waals surface area contributed by atoms with Crippen molar-refractivity contribution < 1.29 is 19.1 Å². The molecule has 0 N–H and O–H groups in total. The molecule has 0 aliphatic carbocycles. The van der Waals surface area contributed by atoms with E-state index in [2.05, 4.69) is 6.07 Å². The Hall–Kier alpha value is -2.18. The highest BCUT2D eigenvalue weighted by atomic mass is 32.8. The molecule has 7 nitrogen and oxygen atoms in total. The van der Waals surface area contributed by atoms with E-state index in [-0.39, 0.29) is 25.0 Å². The number of piperazine rings is 1. The number of carbonyl (C=O) groups excluding carboxylic acids is 2. The summed E-state index contributed by atoms with van der Waals surface area (Å²) in [7, 11) is 0.689. The van der Waals surface area contributed by atoms with Crippen LogP contribution in [-0.2, 0) is 30.2 Å². The molecule has 5 rings (SSSR count). The van der Waals surface area contributed by atoms with Gasteiger partial charge in [0.2, 0.25) is 6.79 Å². The van der Waals surface area contributed by atoms with Crippen molar-refractivity contribution in [1.82, 2.24) is 9.80 Å². The molecule has 0 aromatic heterocycles. The number of nitrogens with zero attached hydrogens (tertiary/aromatic N) is 3. The zero-order valence-electron chi connectivity index (χ0n) is 15.0. The first kappa shape index (κ1) is 17.0. The van der Waals surface area contributed by atoms with Gasteiger partial charge in [0.1, 0.15) is 0 Å². The Morgan fingerprint density at radius 3 is 2.67 bits per heavy atom. The lowest BCUT2D eigenvalue weighted by Gasteiger charge is -2.39. The number of carbonyl (C=O) groups is 2. The van der Waals surface area contributed by atoms with Crippen LogP contribution in [0.15, 0.2) is 18.2 Å². The minimum absolute atomic E-state index is 0.141. The summed E-state index contributed by atoms with van der Waals surface area (Å²) in [4.78, 5) is 27.6. The van der Waals surface area contributed by atoms with Crippen molar-refractivity contribution in [2.45, 2.75) is 36.1 Å². The third kappa shape index (κ3) is 1.61. The monoisotopic (exact) mass is 403 g/mol. The Labute approximate surface area is 163 Å². The van der Waals surface area contributed by atoms with E-state index >= 15 is 0 Å². The Morgan fingerprint density at radius 1 is 1.26 bits per heavy atom. The zero-order valence-corrected chi connectivity index (χ0v) is 16.6. The van der Waals surface area contributed by atoms with Crippen LogP contribution in [-0.4, -0.2) is 45.2 Å². The Morgan fingerprint density at radius 2 is 1.96 bits per heavy atom. The van der Waals surface area contributed by atoms with Gasteiger partial charge in [-0.05, 0) is 42.7 Å². The van der Waals surface area contributed by atoms with Gasteiger partial charge in [-0.15, -0.1) is 0 Å². The first-order valence-electron chi connectivity index (χ1n) is 8.56. The minimum Gasteiger partial charge on any atom is -0.454 e. The predicted octanol–water partition coefficient (Wildman–Crippen LogP) is 1.20. The number of nitriles is 1. The van der Waals surface area contributed by atoms with Crippen LogP contribution >= 0.6 is 0 Å². The lowest BCUT2D eigenvalue weighted by Crippen LogP contribution is -2.60. The van der Waals surface area contributed by atoms with Crippen molar-refractivity contribution in [3.05, 3.63) is 23.8 Å². The smallest absolute Gasteiger partial charge is 0.261 e. The highest BCUT2D eigenvalue weighted by molar-refractivity contribution is 8.31. The van der Waals surface area contributed by atoms with Gasteiger partial charge >= 0.3 is 0 Å². The molecular weight excluding hydrogens is 386 g/mol. The van der Waals surface area contributed by atoms with E-state index in [9.17, 15) is 14.9 Å². The largest absolute Gasteiger partial charge is 0.454 e. The molecule has 1 spiro atoms. The molecule has 2 bridgehead atoms. The normalized spacial score (nSPS) is 41.3. The van der Waals surface area contributed by atoms with Crippen molar-refractivity contribution in [3.8, 4) is 17.6 Å². The summed E-state index contributed by atoms with van der Waals surface area (Å²) in [6.07, 6.45) is 0.243. The third-order valence-corrected chi connectivity index (χ3v) is 10.5. The molecule has 3 saturated heterocycles. The maximum Gasteiger partial charge on any atom is 0.261 e. The van der Waals surface area contributed by atoms with Crippen LogP contribution in [0.2, 0.25) is 0 Å². The highest BCUT2D eigenvalue weighted by Crippen LogP contribution is 2.65. The maximum absolute atomic E-state index is 13.5. The number of ether oxygens (including phenoxy) is 2. The molecule has 2 amide bonds. The van der Waals surface area contributed by atoms with E-state index in [1.54, 1.807) is 37.9 Å². The molecule has 3 fully saturated rings. The minimum atomic E-state index is -1.12. The van der Waals surface area contributed by atoms with Crippen molar-refractivity contribution in [1.29, 1.82) is 5.26 Å². The second kappa shape index (κ2) is 4.80. The van der Waals surface area contributed by atoms with E-state index in [4.69, 9.17) is 20.7 Å². The maximum atomic E-state index is 13.5. The average Bonchev–Trinajstić information content (AvgIpc) is 3.31. The van der Waals surface area contributed by atoms with Crippen LogP contribution in [0.4, 0.5) is 0 Å². The van der Waals surface area contributed by atoms with E-state index in [0.717, 1.165) is 5.56 Å². The van der Waals surface area contributed by atoms with Crippen molar-refractivity contribution in [2.75, 3.05) is 13.8 Å². The molecule has 4 aliphatic rings. The predicted molar refractivity (Wildman–Crippen MR) is 99.1 cm³/mol. The third-order valence-electron chi connectivity index (χ3n) is 6.39. The second-order valence-electron chi connectivity index (χ2n) is 7.80. The van der Waals surface area contributed by atoms with Crippen molar-refractivity contribution in [3.63, 3.8) is 0 Å². The molecule has 140 valence electrons. The molecule has 1 aromatic carbocycles. The quantitative estimate of drug-likeness (QED) is 0.701. The van der Waals surface area contributed by atoms with Gasteiger partial charge in [-0.25, -0.2) is 0 Å². The number of fused-ring (bicyclic) bond motifs is 2. The van der Waals surface area contributed by atoms with Crippen molar-refractivity contribution in [2.24, 2.45) is 5.41 Å². The fourth-order valence-corrected chi connectivity index (χ4v) is 8.44. The van der Waals surface area contributed by atoms with Gasteiger partial charge in [0.25, 0.3) is 11.8 Å². The lowest BCUT2D eigenvalue weighted by atomic mass is 9.79. The molecule has 0 saturated carbocycles. The molecule has 4 unspecified atom stereocenters. The van der Waals surface area contributed by atoms with Crippen LogP contribution in [0.3, 0.4) is 0 Å². The van der Waals surface area contributed by atoms with Crippen LogP contribution in [0.5, 0.6) is 11.5 Å². The van der Waals surface area contributed by atoms with Gasteiger partial charge < -0.3 is 19.3 Å². The van der Waals surface area contributed by atoms with E-state index in [1.165, 1.54) is 4.90 Å². The van der Waals surface area contributed by atoms with Crippen LogP contribution in [0.1, 0.15) is 31.9 Å². The van der Waals surface area contributed by atoms with Crippen LogP contribution in [0.25, 0.3) is 0 Å². The number of hydrogen-bond acceptors (Lipinski definition) is 6. The van der Waals surface area contributed by atoms with E-state index in [1.807, 2.05) is 6.07 Å². The number of hydrogen-bond donors (Lipinski definition) is 0. The fourth-order valence-electron chi connectivity index (χ4n) is 4.92. The zero-order chi connectivity index (χ0) is 19.4. The Kier molecular flexibility index (Phi) is 3.02. The van der Waals surface area contributed by atoms with Gasteiger partial charge in [0, 0.05) is 13.5 Å². The highest BCUT2D eigenvalue weighted by Gasteiger charge is 2.80. The van der Waals surface area contributed by atoms with E-state index < -0.39 is 30.7 Å². The summed E-state index contributed by atoms with van der Waals surface area (Å²) >= 11 is 5.76. The Balaban J connectivity index is 1.73. The second-order valence-corrected chi connectivity index (χ2v) is 10.8. The standard InChI is InChI=1S/C18H17N3O4S2/c1-16(8-19)7-18-15(23)20(3)17(2,27(18)26)14(22)21(18)13(16)10-4-5-11-12(6-10)25-9-24-11/h4-6,13H,7,9H2,1-3H3/t13?,16-,17?,18?,27?/m0/s1. The molecular formula is C18H17N3O4S2. The summed E-state index contributed by atoms with van der Waals surface area (Å²) in [6.45, 7) is 3.69. The Bertz CT molecular complexity index is 1010. The molecule has 4 heterocycles. The van der Waals surface area contributed by atoms with Gasteiger partial charge in [-0.1, -0.05) is 15.5 Å². The van der Waals surface area contributed by atoms with Crippen molar-refractivity contribution >= 4 is 32.5 Å². The molecule has 9 heteroatoms. The van der Waals surface area contributed by atoms with Gasteiger partial charge in [-0.2, -0.15) is 5.26 Å². The number of benzene rings is 1. The van der Waals surface area contributed by atoms with Gasteiger partial charge in [0.15, 0.2) is 21.2 Å². The lowest BCUT2D eigenvalue weighted by molar-refractivity contribution is -0.159. The number of likely N-dealkylation sites (N-methyl/N-ethyl adjacent to an activating group) is 1. The fraction of sp³-hybridized carbons (Fsp3) is 0.500. The molecule has 27 heavy (non-hydrogen) atoms. The van der Waals surface area contributed by atoms with Crippen LogP contribution < -0.4 is 9.47 Å². The summed E-state index contributed by atoms with van der Waals surface area (Å²) in [5.41, 5.74) is -0.178. The first-order valence-corrected chi connectivity index (χ1v) is 10.7. The summed E-state index contributed by atoms with van der Waals surface area (Å²) in [5.74, 6) is 0.875. The summed E-state index contributed by atoms with van der Waals surface area (Å²) in [5, 5.41) is 10.0. The molecule has 0 radical (unpaired) electrons.